The van der Waals surface area contributed by atoms with Crippen molar-refractivity contribution in [2.24, 2.45) is 0 Å². The molecule has 0 atom stereocenters. The molecule has 0 unspecified atom stereocenters. The normalized spacial score (nSPS) is 16.1. The van der Waals surface area contributed by atoms with E-state index in [-0.39, 0.29) is 12.4 Å². The first kappa shape index (κ1) is 16.0. The number of nitrogens with zero attached hydrogens (tertiary/aromatic N) is 1. The summed E-state index contributed by atoms with van der Waals surface area (Å²) in [5, 5.41) is 0. The Morgan fingerprint density at radius 1 is 1.33 bits per heavy atom. The van der Waals surface area contributed by atoms with Gasteiger partial charge in [0.15, 0.2) is 0 Å². The minimum atomic E-state index is 0. The van der Waals surface area contributed by atoms with Gasteiger partial charge in [-0.25, -0.2) is 0 Å². The van der Waals surface area contributed by atoms with Gasteiger partial charge in [-0.2, -0.15) is 0 Å². The van der Waals surface area contributed by atoms with E-state index < -0.39 is 0 Å². The minimum absolute atomic E-state index is 0. The fraction of sp³-hybridized carbons (Fsp3) is 0.538. The standard InChI is InChI=1S/C13H18INO2.ClH/c1-11-10-12(14)2-3-13(11)17-9-6-15-4-7-16-8-5-15;/h2-3,10H,4-9H2,1H3;1H. The van der Waals surface area contributed by atoms with Gasteiger partial charge in [0.2, 0.25) is 0 Å². The fourth-order valence-electron chi connectivity index (χ4n) is 1.88. The Balaban J connectivity index is 0.00000162. The molecule has 1 aliphatic heterocycles. The molecule has 0 spiro atoms. The van der Waals surface area contributed by atoms with Crippen molar-refractivity contribution in [3.63, 3.8) is 0 Å². The van der Waals surface area contributed by atoms with Gasteiger partial charge in [0, 0.05) is 23.2 Å². The van der Waals surface area contributed by atoms with Crippen LogP contribution in [-0.2, 0) is 4.74 Å². The van der Waals surface area contributed by atoms with Gasteiger partial charge >= 0.3 is 0 Å². The predicted molar refractivity (Wildman–Crippen MR) is 83.9 cm³/mol. The molecule has 1 heterocycles. The maximum atomic E-state index is 5.81. The van der Waals surface area contributed by atoms with E-state index in [9.17, 15) is 0 Å². The highest BCUT2D eigenvalue weighted by Crippen LogP contribution is 2.19. The van der Waals surface area contributed by atoms with Crippen molar-refractivity contribution in [3.05, 3.63) is 27.3 Å². The molecular formula is C13H19ClINO2. The molecule has 0 N–H and O–H groups in total. The van der Waals surface area contributed by atoms with Crippen LogP contribution in [0.25, 0.3) is 0 Å². The summed E-state index contributed by atoms with van der Waals surface area (Å²) in [4.78, 5) is 2.38. The summed E-state index contributed by atoms with van der Waals surface area (Å²) >= 11 is 2.32. The van der Waals surface area contributed by atoms with E-state index in [0.717, 1.165) is 45.2 Å². The Kier molecular flexibility index (Phi) is 7.29. The number of ether oxygens (including phenoxy) is 2. The topological polar surface area (TPSA) is 21.7 Å². The van der Waals surface area contributed by atoms with E-state index in [4.69, 9.17) is 9.47 Å². The lowest BCUT2D eigenvalue weighted by molar-refractivity contribution is 0.0322. The molecule has 1 saturated heterocycles. The van der Waals surface area contributed by atoms with Crippen molar-refractivity contribution < 1.29 is 9.47 Å². The highest BCUT2D eigenvalue weighted by Gasteiger charge is 2.10. The Morgan fingerprint density at radius 3 is 2.72 bits per heavy atom. The molecule has 0 aromatic heterocycles. The van der Waals surface area contributed by atoms with Gasteiger partial charge in [0.05, 0.1) is 13.2 Å². The van der Waals surface area contributed by atoms with Crippen LogP contribution in [0, 0.1) is 10.5 Å². The van der Waals surface area contributed by atoms with Crippen molar-refractivity contribution in [2.45, 2.75) is 6.92 Å². The molecule has 0 saturated carbocycles. The first-order chi connectivity index (χ1) is 8.25. The predicted octanol–water partition coefficient (Wildman–Crippen LogP) is 2.73. The van der Waals surface area contributed by atoms with Gasteiger partial charge < -0.3 is 9.47 Å². The zero-order valence-corrected chi connectivity index (χ0v) is 13.5. The Morgan fingerprint density at radius 2 is 2.06 bits per heavy atom. The molecule has 2 rings (SSSR count). The summed E-state index contributed by atoms with van der Waals surface area (Å²) in [6.07, 6.45) is 0. The maximum Gasteiger partial charge on any atom is 0.122 e. The molecule has 3 nitrogen and oxygen atoms in total. The molecule has 0 radical (unpaired) electrons. The second-order valence-corrected chi connectivity index (χ2v) is 5.46. The van der Waals surface area contributed by atoms with Crippen molar-refractivity contribution in [2.75, 3.05) is 39.5 Å². The molecule has 102 valence electrons. The number of benzene rings is 1. The van der Waals surface area contributed by atoms with Crippen LogP contribution in [0.1, 0.15) is 5.56 Å². The second-order valence-electron chi connectivity index (χ2n) is 4.21. The summed E-state index contributed by atoms with van der Waals surface area (Å²) in [5.41, 5.74) is 1.21. The van der Waals surface area contributed by atoms with E-state index in [1.165, 1.54) is 9.13 Å². The third kappa shape index (κ3) is 4.91. The highest BCUT2D eigenvalue weighted by atomic mass is 127. The molecule has 1 aromatic carbocycles. The first-order valence-electron chi connectivity index (χ1n) is 5.95. The summed E-state index contributed by atoms with van der Waals surface area (Å²) in [6, 6.07) is 6.28. The smallest absolute Gasteiger partial charge is 0.122 e. The molecule has 1 aromatic rings. The fourth-order valence-corrected chi connectivity index (χ4v) is 2.53. The van der Waals surface area contributed by atoms with Crippen molar-refractivity contribution in [1.29, 1.82) is 0 Å². The largest absolute Gasteiger partial charge is 0.492 e. The van der Waals surface area contributed by atoms with Crippen LogP contribution >= 0.6 is 35.0 Å². The Bertz CT molecular complexity index is 370. The van der Waals surface area contributed by atoms with Gasteiger partial charge in [-0.3, -0.25) is 4.90 Å². The monoisotopic (exact) mass is 383 g/mol. The Labute approximate surface area is 128 Å². The molecule has 18 heavy (non-hydrogen) atoms. The number of hydrogen-bond donors (Lipinski definition) is 0. The molecule has 1 fully saturated rings. The summed E-state index contributed by atoms with van der Waals surface area (Å²) in [5.74, 6) is 0.999. The number of aryl methyl sites for hydroxylation is 1. The van der Waals surface area contributed by atoms with Crippen LogP contribution in [-0.4, -0.2) is 44.4 Å². The summed E-state index contributed by atoms with van der Waals surface area (Å²) < 4.78 is 12.4. The average Bonchev–Trinajstić information content (AvgIpc) is 2.33. The highest BCUT2D eigenvalue weighted by molar-refractivity contribution is 14.1. The van der Waals surface area contributed by atoms with Crippen LogP contribution in [0.2, 0.25) is 0 Å². The van der Waals surface area contributed by atoms with E-state index in [2.05, 4.69) is 52.6 Å². The zero-order chi connectivity index (χ0) is 12.1. The van der Waals surface area contributed by atoms with E-state index >= 15 is 0 Å². The van der Waals surface area contributed by atoms with Crippen LogP contribution < -0.4 is 4.74 Å². The number of hydrogen-bond acceptors (Lipinski definition) is 3. The Hall–Kier alpha value is -0.0400. The zero-order valence-electron chi connectivity index (χ0n) is 10.5. The molecular weight excluding hydrogens is 365 g/mol. The van der Waals surface area contributed by atoms with Crippen molar-refractivity contribution >= 4 is 35.0 Å². The van der Waals surface area contributed by atoms with E-state index in [1.807, 2.05) is 0 Å². The maximum absolute atomic E-state index is 5.81. The van der Waals surface area contributed by atoms with Crippen LogP contribution in [0.4, 0.5) is 0 Å². The quantitative estimate of drug-likeness (QED) is 0.746. The van der Waals surface area contributed by atoms with E-state index in [1.54, 1.807) is 0 Å². The molecule has 1 aliphatic rings. The SMILES string of the molecule is Cc1cc(I)ccc1OCCN1CCOCC1.Cl. The third-order valence-corrected chi connectivity index (χ3v) is 3.58. The molecule has 0 amide bonds. The van der Waals surface area contributed by atoms with E-state index in [0.29, 0.717) is 0 Å². The van der Waals surface area contributed by atoms with Crippen molar-refractivity contribution in [3.8, 4) is 5.75 Å². The number of morpholine rings is 1. The van der Waals surface area contributed by atoms with Crippen LogP contribution in [0.15, 0.2) is 18.2 Å². The molecule has 0 aliphatic carbocycles. The number of rotatable bonds is 4. The third-order valence-electron chi connectivity index (χ3n) is 2.91. The number of halogens is 2. The lowest BCUT2D eigenvalue weighted by atomic mass is 10.2. The average molecular weight is 384 g/mol. The molecule has 5 heteroatoms. The lowest BCUT2D eigenvalue weighted by Crippen LogP contribution is -2.38. The van der Waals surface area contributed by atoms with Crippen molar-refractivity contribution in [1.82, 2.24) is 4.90 Å². The molecule has 0 bridgehead atoms. The first-order valence-corrected chi connectivity index (χ1v) is 7.02. The van der Waals surface area contributed by atoms with Crippen LogP contribution in [0.3, 0.4) is 0 Å². The van der Waals surface area contributed by atoms with Gasteiger partial charge in [0.25, 0.3) is 0 Å². The summed E-state index contributed by atoms with van der Waals surface area (Å²) in [7, 11) is 0. The minimum Gasteiger partial charge on any atom is -0.492 e. The van der Waals surface area contributed by atoms with Crippen LogP contribution in [0.5, 0.6) is 5.75 Å². The van der Waals surface area contributed by atoms with Gasteiger partial charge in [0.1, 0.15) is 12.4 Å². The lowest BCUT2D eigenvalue weighted by Gasteiger charge is -2.26. The van der Waals surface area contributed by atoms with Gasteiger partial charge in [-0.05, 0) is 53.3 Å². The second kappa shape index (κ2) is 8.19. The van der Waals surface area contributed by atoms with Gasteiger partial charge in [-0.15, -0.1) is 12.4 Å². The summed E-state index contributed by atoms with van der Waals surface area (Å²) in [6.45, 7) is 7.57. The van der Waals surface area contributed by atoms with Gasteiger partial charge in [-0.1, -0.05) is 0 Å².